The standard InChI is InChI=1S/C22H28N4O3/c1-13-5-8-17(23-12-13)22(9-10-22)24-19(27)18-15-11-14(6-7-16(15)25-26-18)20(28)29-21(2,3)4/h5,8,12,14H,6-7,9-11H2,1-4H3,(H,24,27)(H,25,26). The van der Waals surface area contributed by atoms with Crippen molar-refractivity contribution in [1.29, 1.82) is 0 Å². The number of ether oxygens (including phenoxy) is 1. The van der Waals surface area contributed by atoms with Gasteiger partial charge in [0.1, 0.15) is 5.60 Å². The van der Waals surface area contributed by atoms with E-state index in [0.717, 1.165) is 35.4 Å². The van der Waals surface area contributed by atoms with Crippen LogP contribution in [0.1, 0.15) is 73.0 Å². The molecule has 1 amide bonds. The summed E-state index contributed by atoms with van der Waals surface area (Å²) in [5.74, 6) is -0.676. The van der Waals surface area contributed by atoms with E-state index >= 15 is 0 Å². The third kappa shape index (κ3) is 4.04. The summed E-state index contributed by atoms with van der Waals surface area (Å²) in [6, 6.07) is 3.98. The molecule has 1 unspecified atom stereocenters. The fraction of sp³-hybridized carbons (Fsp3) is 0.545. The van der Waals surface area contributed by atoms with Crippen molar-refractivity contribution in [1.82, 2.24) is 20.5 Å². The van der Waals surface area contributed by atoms with Crippen LogP contribution < -0.4 is 5.32 Å². The molecule has 0 spiro atoms. The van der Waals surface area contributed by atoms with Crippen molar-refractivity contribution >= 4 is 11.9 Å². The number of nitrogens with one attached hydrogen (secondary N) is 2. The van der Waals surface area contributed by atoms with E-state index in [1.54, 1.807) is 0 Å². The molecule has 0 radical (unpaired) electrons. The highest BCUT2D eigenvalue weighted by atomic mass is 16.6. The largest absolute Gasteiger partial charge is 0.460 e. The molecule has 1 fully saturated rings. The van der Waals surface area contributed by atoms with Crippen LogP contribution >= 0.6 is 0 Å². The number of fused-ring (bicyclic) bond motifs is 1. The Morgan fingerprint density at radius 3 is 2.66 bits per heavy atom. The highest BCUT2D eigenvalue weighted by molar-refractivity contribution is 5.95. The Bertz CT molecular complexity index is 936. The second-order valence-corrected chi connectivity index (χ2v) is 9.26. The van der Waals surface area contributed by atoms with Crippen LogP contribution in [0.3, 0.4) is 0 Å². The van der Waals surface area contributed by atoms with Gasteiger partial charge in [0.05, 0.1) is 17.2 Å². The molecule has 2 aromatic heterocycles. The van der Waals surface area contributed by atoms with Gasteiger partial charge in [0, 0.05) is 17.5 Å². The molecule has 2 aromatic rings. The zero-order valence-corrected chi connectivity index (χ0v) is 17.5. The number of H-pyrrole nitrogens is 1. The van der Waals surface area contributed by atoms with Crippen LogP contribution in [0.2, 0.25) is 0 Å². The van der Waals surface area contributed by atoms with Crippen molar-refractivity contribution in [3.8, 4) is 0 Å². The van der Waals surface area contributed by atoms with E-state index < -0.39 is 11.1 Å². The van der Waals surface area contributed by atoms with Crippen molar-refractivity contribution in [2.75, 3.05) is 0 Å². The van der Waals surface area contributed by atoms with Gasteiger partial charge in [-0.2, -0.15) is 5.10 Å². The number of rotatable bonds is 4. The van der Waals surface area contributed by atoms with E-state index in [9.17, 15) is 9.59 Å². The minimum absolute atomic E-state index is 0.210. The van der Waals surface area contributed by atoms with E-state index in [-0.39, 0.29) is 17.8 Å². The van der Waals surface area contributed by atoms with E-state index in [1.165, 1.54) is 0 Å². The van der Waals surface area contributed by atoms with Crippen LogP contribution in [0.15, 0.2) is 18.3 Å². The van der Waals surface area contributed by atoms with Crippen molar-refractivity contribution in [2.24, 2.45) is 5.92 Å². The second-order valence-electron chi connectivity index (χ2n) is 9.26. The molecule has 7 nitrogen and oxygen atoms in total. The van der Waals surface area contributed by atoms with Gasteiger partial charge in [0.2, 0.25) is 0 Å². The van der Waals surface area contributed by atoms with Crippen molar-refractivity contribution in [2.45, 2.75) is 70.9 Å². The number of aromatic nitrogens is 3. The van der Waals surface area contributed by atoms with Gasteiger partial charge in [-0.3, -0.25) is 19.7 Å². The maximum absolute atomic E-state index is 13.0. The van der Waals surface area contributed by atoms with Crippen LogP contribution in [0, 0.1) is 12.8 Å². The van der Waals surface area contributed by atoms with E-state index in [2.05, 4.69) is 20.5 Å². The average Bonchev–Trinajstić information content (AvgIpc) is 3.29. The van der Waals surface area contributed by atoms with E-state index in [4.69, 9.17) is 4.74 Å². The molecule has 2 N–H and O–H groups in total. The zero-order chi connectivity index (χ0) is 20.8. The van der Waals surface area contributed by atoms with Crippen LogP contribution in [-0.4, -0.2) is 32.7 Å². The molecule has 4 rings (SSSR count). The molecule has 29 heavy (non-hydrogen) atoms. The Labute approximate surface area is 170 Å². The third-order valence-electron chi connectivity index (χ3n) is 5.61. The molecule has 2 aliphatic carbocycles. The van der Waals surface area contributed by atoms with Gasteiger partial charge in [-0.15, -0.1) is 0 Å². The van der Waals surface area contributed by atoms with Crippen LogP contribution in [-0.2, 0) is 27.9 Å². The molecule has 7 heteroatoms. The number of hydrogen-bond acceptors (Lipinski definition) is 5. The topological polar surface area (TPSA) is 97.0 Å². The Hall–Kier alpha value is -2.70. The number of carbonyl (C=O) groups excluding carboxylic acids is 2. The van der Waals surface area contributed by atoms with Crippen LogP contribution in [0.5, 0.6) is 0 Å². The highest BCUT2D eigenvalue weighted by Gasteiger charge is 2.47. The van der Waals surface area contributed by atoms with E-state index in [1.807, 2.05) is 46.0 Å². The predicted octanol–water partition coefficient (Wildman–Crippen LogP) is 2.98. The number of aromatic amines is 1. The summed E-state index contributed by atoms with van der Waals surface area (Å²) < 4.78 is 5.55. The first-order valence-corrected chi connectivity index (χ1v) is 10.2. The summed E-state index contributed by atoms with van der Waals surface area (Å²) in [5, 5.41) is 10.4. The first-order valence-electron chi connectivity index (χ1n) is 10.2. The zero-order valence-electron chi connectivity index (χ0n) is 17.5. The second kappa shape index (κ2) is 6.97. The number of pyridine rings is 1. The van der Waals surface area contributed by atoms with Crippen LogP contribution in [0.25, 0.3) is 0 Å². The van der Waals surface area contributed by atoms with Crippen molar-refractivity contribution in [3.05, 3.63) is 46.5 Å². The molecule has 1 saturated carbocycles. The predicted molar refractivity (Wildman–Crippen MR) is 107 cm³/mol. The van der Waals surface area contributed by atoms with Gasteiger partial charge in [-0.25, -0.2) is 0 Å². The van der Waals surface area contributed by atoms with Gasteiger partial charge in [-0.1, -0.05) is 6.07 Å². The number of carbonyl (C=O) groups is 2. The molecule has 0 aromatic carbocycles. The smallest absolute Gasteiger partial charge is 0.309 e. The average molecular weight is 396 g/mol. The first-order chi connectivity index (χ1) is 13.7. The molecule has 0 bridgehead atoms. The lowest BCUT2D eigenvalue weighted by atomic mass is 9.86. The maximum atomic E-state index is 13.0. The summed E-state index contributed by atoms with van der Waals surface area (Å²) in [4.78, 5) is 30.1. The minimum atomic E-state index is -0.520. The Morgan fingerprint density at radius 1 is 1.28 bits per heavy atom. The molecule has 2 aliphatic rings. The molecule has 0 aliphatic heterocycles. The molecular weight excluding hydrogens is 368 g/mol. The number of nitrogens with zero attached hydrogens (tertiary/aromatic N) is 2. The highest BCUT2D eigenvalue weighted by Crippen LogP contribution is 2.45. The fourth-order valence-corrected chi connectivity index (χ4v) is 3.87. The molecule has 2 heterocycles. The van der Waals surface area contributed by atoms with Gasteiger partial charge in [0.25, 0.3) is 5.91 Å². The minimum Gasteiger partial charge on any atom is -0.460 e. The summed E-state index contributed by atoms with van der Waals surface area (Å²) in [6.45, 7) is 7.59. The SMILES string of the molecule is Cc1ccc(C2(NC(=O)c3n[nH]c4c3CC(C(=O)OC(C)(C)C)CC4)CC2)nc1. The Kier molecular flexibility index (Phi) is 4.71. The molecule has 1 atom stereocenters. The van der Waals surface area contributed by atoms with Gasteiger partial charge < -0.3 is 10.1 Å². The Morgan fingerprint density at radius 2 is 2.03 bits per heavy atom. The molecule has 0 saturated heterocycles. The third-order valence-corrected chi connectivity index (χ3v) is 5.61. The maximum Gasteiger partial charge on any atom is 0.309 e. The lowest BCUT2D eigenvalue weighted by Gasteiger charge is -2.26. The molecular formula is C22H28N4O3. The number of aryl methyl sites for hydroxylation is 2. The summed E-state index contributed by atoms with van der Waals surface area (Å²) in [6.07, 6.45) is 5.40. The molecule has 154 valence electrons. The van der Waals surface area contributed by atoms with Gasteiger partial charge in [0.15, 0.2) is 5.69 Å². The normalized spacial score (nSPS) is 19.9. The summed E-state index contributed by atoms with van der Waals surface area (Å²) in [7, 11) is 0. The first kappa shape index (κ1) is 19.6. The van der Waals surface area contributed by atoms with Gasteiger partial charge >= 0.3 is 5.97 Å². The number of hydrogen-bond donors (Lipinski definition) is 2. The lowest BCUT2D eigenvalue weighted by molar-refractivity contribution is -0.160. The van der Waals surface area contributed by atoms with E-state index in [0.29, 0.717) is 25.0 Å². The Balaban J connectivity index is 1.50. The van der Waals surface area contributed by atoms with Crippen molar-refractivity contribution in [3.63, 3.8) is 0 Å². The summed E-state index contributed by atoms with van der Waals surface area (Å²) >= 11 is 0. The number of esters is 1. The fourth-order valence-electron chi connectivity index (χ4n) is 3.87. The van der Waals surface area contributed by atoms with Crippen molar-refractivity contribution < 1.29 is 14.3 Å². The monoisotopic (exact) mass is 396 g/mol. The lowest BCUT2D eigenvalue weighted by Crippen LogP contribution is -2.37. The quantitative estimate of drug-likeness (QED) is 0.775. The number of amides is 1. The van der Waals surface area contributed by atoms with Gasteiger partial charge in [-0.05, 0) is 71.4 Å². The van der Waals surface area contributed by atoms with Crippen LogP contribution in [0.4, 0.5) is 0 Å². The summed E-state index contributed by atoms with van der Waals surface area (Å²) in [5.41, 5.74) is 3.19.